The molecule has 0 fully saturated rings. The topological polar surface area (TPSA) is 12.0 Å². The van der Waals surface area contributed by atoms with Crippen molar-refractivity contribution in [2.75, 3.05) is 6.54 Å². The molecule has 0 saturated carbocycles. The first kappa shape index (κ1) is 14.2. The van der Waals surface area contributed by atoms with Crippen molar-refractivity contribution in [1.82, 2.24) is 5.32 Å². The summed E-state index contributed by atoms with van der Waals surface area (Å²) in [5, 5.41) is 5.83. The highest BCUT2D eigenvalue weighted by atomic mass is 79.9. The summed E-state index contributed by atoms with van der Waals surface area (Å²) in [6.07, 6.45) is 3.70. The molecule has 3 heteroatoms. The fraction of sp³-hybridized carbons (Fsp3) is 0.692. The van der Waals surface area contributed by atoms with E-state index in [-0.39, 0.29) is 0 Å². The predicted molar refractivity (Wildman–Crippen MR) is 77.1 cm³/mol. The van der Waals surface area contributed by atoms with Crippen molar-refractivity contribution in [1.29, 1.82) is 0 Å². The van der Waals surface area contributed by atoms with Gasteiger partial charge in [0.15, 0.2) is 0 Å². The van der Waals surface area contributed by atoms with Crippen LogP contribution in [0.25, 0.3) is 0 Å². The van der Waals surface area contributed by atoms with Gasteiger partial charge in [-0.2, -0.15) is 0 Å². The van der Waals surface area contributed by atoms with Crippen LogP contribution in [-0.4, -0.2) is 6.54 Å². The molecule has 0 bridgehead atoms. The van der Waals surface area contributed by atoms with Gasteiger partial charge in [-0.15, -0.1) is 11.3 Å². The Morgan fingerprint density at radius 2 is 2.19 bits per heavy atom. The van der Waals surface area contributed by atoms with E-state index in [1.165, 1.54) is 28.6 Å². The lowest BCUT2D eigenvalue weighted by Gasteiger charge is -2.20. The Kier molecular flexibility index (Phi) is 6.62. The van der Waals surface area contributed by atoms with E-state index in [4.69, 9.17) is 0 Å². The molecule has 0 aliphatic rings. The molecule has 0 aliphatic heterocycles. The van der Waals surface area contributed by atoms with Crippen LogP contribution in [0.1, 0.15) is 51.0 Å². The van der Waals surface area contributed by atoms with Crippen LogP contribution in [0.4, 0.5) is 0 Å². The van der Waals surface area contributed by atoms with Gasteiger partial charge in [0.1, 0.15) is 0 Å². The largest absolute Gasteiger partial charge is 0.309 e. The molecule has 0 radical (unpaired) electrons. The summed E-state index contributed by atoms with van der Waals surface area (Å²) in [6.45, 7) is 7.93. The van der Waals surface area contributed by atoms with E-state index in [0.717, 1.165) is 12.5 Å². The van der Waals surface area contributed by atoms with Gasteiger partial charge in [-0.05, 0) is 47.3 Å². The smallest absolute Gasteiger partial charge is 0.0417 e. The third-order valence-corrected chi connectivity index (χ3v) is 4.71. The molecule has 1 N–H and O–H groups in total. The highest BCUT2D eigenvalue weighted by Crippen LogP contribution is 2.30. The van der Waals surface area contributed by atoms with Crippen LogP contribution in [0.3, 0.4) is 0 Å². The maximum atomic E-state index is 3.65. The van der Waals surface area contributed by atoms with E-state index in [0.29, 0.717) is 6.04 Å². The minimum Gasteiger partial charge on any atom is -0.309 e. The first-order valence-corrected chi connectivity index (χ1v) is 7.81. The van der Waals surface area contributed by atoms with Crippen LogP contribution in [0.2, 0.25) is 0 Å². The van der Waals surface area contributed by atoms with Gasteiger partial charge in [0, 0.05) is 20.8 Å². The molecule has 92 valence electrons. The van der Waals surface area contributed by atoms with Crippen LogP contribution in [0, 0.1) is 5.92 Å². The molecule has 1 nitrogen and oxygen atoms in total. The predicted octanol–water partition coefficient (Wildman–Crippen LogP) is 4.99. The number of halogens is 1. The molecular weight excluding hydrogens is 282 g/mol. The Balaban J connectivity index is 2.62. The lowest BCUT2D eigenvalue weighted by molar-refractivity contribution is 0.406. The van der Waals surface area contributed by atoms with Crippen molar-refractivity contribution >= 4 is 27.3 Å². The molecule has 16 heavy (non-hydrogen) atoms. The third-order valence-electron chi connectivity index (χ3n) is 2.91. The van der Waals surface area contributed by atoms with Gasteiger partial charge in [0.25, 0.3) is 0 Å². The SMILES string of the molecule is CCCNC(CC(C)CC)c1cc(Br)cs1. The number of rotatable bonds is 7. The van der Waals surface area contributed by atoms with Gasteiger partial charge >= 0.3 is 0 Å². The summed E-state index contributed by atoms with van der Waals surface area (Å²) in [5.74, 6) is 0.787. The van der Waals surface area contributed by atoms with Crippen molar-refractivity contribution in [2.45, 2.75) is 46.1 Å². The standard InChI is InChI=1S/C13H22BrNS/c1-4-6-15-12(7-10(3)5-2)13-8-11(14)9-16-13/h8-10,12,15H,4-7H2,1-3H3. The van der Waals surface area contributed by atoms with E-state index < -0.39 is 0 Å². The number of hydrogen-bond acceptors (Lipinski definition) is 2. The van der Waals surface area contributed by atoms with Crippen molar-refractivity contribution in [2.24, 2.45) is 5.92 Å². The monoisotopic (exact) mass is 303 g/mol. The summed E-state index contributed by atoms with van der Waals surface area (Å²) in [5.41, 5.74) is 0. The first-order valence-electron chi connectivity index (χ1n) is 6.14. The molecule has 0 aromatic carbocycles. The zero-order valence-corrected chi connectivity index (χ0v) is 12.8. The molecule has 1 rings (SSSR count). The van der Waals surface area contributed by atoms with Crippen molar-refractivity contribution in [3.63, 3.8) is 0 Å². The summed E-state index contributed by atoms with van der Waals surface area (Å²) < 4.78 is 1.21. The van der Waals surface area contributed by atoms with E-state index in [2.05, 4.69) is 53.5 Å². The molecule has 0 spiro atoms. The van der Waals surface area contributed by atoms with E-state index in [1.807, 2.05) is 11.3 Å². The van der Waals surface area contributed by atoms with Gasteiger partial charge in [-0.1, -0.05) is 27.2 Å². The average Bonchev–Trinajstić information content (AvgIpc) is 2.70. The highest BCUT2D eigenvalue weighted by molar-refractivity contribution is 9.10. The molecule has 1 aromatic rings. The molecule has 0 aliphatic carbocycles. The molecule has 0 amide bonds. The Labute approximate surface area is 112 Å². The van der Waals surface area contributed by atoms with Crippen molar-refractivity contribution in [3.8, 4) is 0 Å². The van der Waals surface area contributed by atoms with Gasteiger partial charge in [0.2, 0.25) is 0 Å². The normalized spacial score (nSPS) is 15.0. The van der Waals surface area contributed by atoms with Crippen LogP contribution < -0.4 is 5.32 Å². The van der Waals surface area contributed by atoms with Crippen LogP contribution >= 0.6 is 27.3 Å². The quantitative estimate of drug-likeness (QED) is 0.748. The van der Waals surface area contributed by atoms with Gasteiger partial charge in [-0.3, -0.25) is 0 Å². The fourth-order valence-electron chi connectivity index (χ4n) is 1.70. The number of hydrogen-bond donors (Lipinski definition) is 1. The lowest BCUT2D eigenvalue weighted by atomic mass is 9.98. The molecule has 1 aromatic heterocycles. The fourth-order valence-corrected chi connectivity index (χ4v) is 3.23. The highest BCUT2D eigenvalue weighted by Gasteiger charge is 2.15. The van der Waals surface area contributed by atoms with Gasteiger partial charge in [-0.25, -0.2) is 0 Å². The molecule has 2 atom stereocenters. The zero-order valence-electron chi connectivity index (χ0n) is 10.4. The zero-order chi connectivity index (χ0) is 12.0. The minimum atomic E-state index is 0.534. The van der Waals surface area contributed by atoms with Gasteiger partial charge in [0.05, 0.1) is 0 Å². The first-order chi connectivity index (χ1) is 7.67. The van der Waals surface area contributed by atoms with Crippen LogP contribution in [-0.2, 0) is 0 Å². The third kappa shape index (κ3) is 4.56. The Bertz CT molecular complexity index is 298. The second-order valence-electron chi connectivity index (χ2n) is 4.42. The molecular formula is C13H22BrNS. The van der Waals surface area contributed by atoms with E-state index in [9.17, 15) is 0 Å². The maximum Gasteiger partial charge on any atom is 0.0417 e. The Morgan fingerprint density at radius 1 is 1.44 bits per heavy atom. The van der Waals surface area contributed by atoms with Gasteiger partial charge < -0.3 is 5.32 Å². The molecule has 0 saturated heterocycles. The van der Waals surface area contributed by atoms with E-state index >= 15 is 0 Å². The van der Waals surface area contributed by atoms with Crippen molar-refractivity contribution in [3.05, 3.63) is 20.8 Å². The number of nitrogens with one attached hydrogen (secondary N) is 1. The summed E-state index contributed by atoms with van der Waals surface area (Å²) in [7, 11) is 0. The number of thiophene rings is 1. The van der Waals surface area contributed by atoms with Crippen LogP contribution in [0.15, 0.2) is 15.9 Å². The average molecular weight is 304 g/mol. The Hall–Kier alpha value is 0.140. The second-order valence-corrected chi connectivity index (χ2v) is 6.28. The molecule has 2 unspecified atom stereocenters. The maximum absolute atomic E-state index is 3.65. The van der Waals surface area contributed by atoms with Crippen molar-refractivity contribution < 1.29 is 0 Å². The second kappa shape index (κ2) is 7.46. The van der Waals surface area contributed by atoms with E-state index in [1.54, 1.807) is 0 Å². The summed E-state index contributed by atoms with van der Waals surface area (Å²) in [4.78, 5) is 1.46. The Morgan fingerprint density at radius 3 is 2.69 bits per heavy atom. The minimum absolute atomic E-state index is 0.534. The summed E-state index contributed by atoms with van der Waals surface area (Å²) in [6, 6.07) is 2.78. The van der Waals surface area contributed by atoms with Crippen LogP contribution in [0.5, 0.6) is 0 Å². The molecule has 1 heterocycles. The lowest BCUT2D eigenvalue weighted by Crippen LogP contribution is -2.23. The summed E-state index contributed by atoms with van der Waals surface area (Å²) >= 11 is 5.39.